The Hall–Kier alpha value is -0.0800. The monoisotopic (exact) mass is 172 g/mol. The lowest BCUT2D eigenvalue weighted by Crippen LogP contribution is -2.40. The average molecular weight is 172 g/mol. The van der Waals surface area contributed by atoms with E-state index in [-0.39, 0.29) is 5.54 Å². The average Bonchev–Trinajstić information content (AvgIpc) is 2.35. The third-order valence-electron chi connectivity index (χ3n) is 2.26. The lowest BCUT2D eigenvalue weighted by atomic mass is 10.0. The Morgan fingerprint density at radius 3 is 2.00 bits per heavy atom. The van der Waals surface area contributed by atoms with Crippen LogP contribution in [0, 0.1) is 0 Å². The van der Waals surface area contributed by atoms with Crippen LogP contribution in [0.2, 0.25) is 0 Å². The molecule has 0 saturated carbocycles. The van der Waals surface area contributed by atoms with Crippen LogP contribution in [0.1, 0.15) is 41.0 Å². The maximum atomic E-state index is 5.96. The molecule has 0 aromatic carbocycles. The molecule has 1 saturated heterocycles. The number of likely N-dealkylation sites (tertiary alicyclic amines) is 1. The molecule has 1 atom stereocenters. The van der Waals surface area contributed by atoms with Crippen LogP contribution in [-0.4, -0.2) is 29.6 Å². The van der Waals surface area contributed by atoms with E-state index < -0.39 is 0 Å². The van der Waals surface area contributed by atoms with Crippen LogP contribution in [0.25, 0.3) is 0 Å². The molecule has 1 aliphatic rings. The lowest BCUT2D eigenvalue weighted by molar-refractivity contribution is 0.260. The van der Waals surface area contributed by atoms with Gasteiger partial charge in [0.1, 0.15) is 0 Å². The maximum absolute atomic E-state index is 5.96. The van der Waals surface area contributed by atoms with Gasteiger partial charge < -0.3 is 5.73 Å². The highest BCUT2D eigenvalue weighted by Gasteiger charge is 2.30. The normalized spacial score (nSPS) is 30.2. The highest BCUT2D eigenvalue weighted by atomic mass is 15.2. The molecule has 12 heavy (non-hydrogen) atoms. The minimum atomic E-state index is 0.0737. The number of nitrogens with zero attached hydrogens (tertiary/aromatic N) is 1. The highest BCUT2D eigenvalue weighted by molar-refractivity contribution is 4.91. The van der Waals surface area contributed by atoms with Gasteiger partial charge in [0, 0.05) is 24.7 Å². The second kappa shape index (κ2) is 4.83. The van der Waals surface area contributed by atoms with Crippen molar-refractivity contribution in [3.05, 3.63) is 0 Å². The van der Waals surface area contributed by atoms with Gasteiger partial charge in [-0.1, -0.05) is 13.8 Å². The summed E-state index contributed by atoms with van der Waals surface area (Å²) in [6, 6.07) is 0.658. The van der Waals surface area contributed by atoms with Gasteiger partial charge in [0.05, 0.1) is 0 Å². The van der Waals surface area contributed by atoms with Gasteiger partial charge in [0.25, 0.3) is 0 Å². The van der Waals surface area contributed by atoms with E-state index >= 15 is 0 Å². The topological polar surface area (TPSA) is 29.3 Å². The standard InChI is InChI=1S/C8H18N2.C2H6/c1-7(2)10-5-4-8(3,9)6-10;1-2/h7H,4-6,9H2,1-3H3;1-2H3. The van der Waals surface area contributed by atoms with E-state index in [0.29, 0.717) is 6.04 Å². The zero-order valence-electron chi connectivity index (χ0n) is 9.22. The quantitative estimate of drug-likeness (QED) is 0.654. The molecule has 1 aliphatic heterocycles. The highest BCUT2D eigenvalue weighted by Crippen LogP contribution is 2.19. The molecule has 0 aliphatic carbocycles. The minimum Gasteiger partial charge on any atom is -0.324 e. The van der Waals surface area contributed by atoms with Gasteiger partial charge in [0.2, 0.25) is 0 Å². The number of rotatable bonds is 1. The van der Waals surface area contributed by atoms with Crippen LogP contribution in [0.15, 0.2) is 0 Å². The van der Waals surface area contributed by atoms with Crippen LogP contribution < -0.4 is 5.73 Å². The van der Waals surface area contributed by atoms with Gasteiger partial charge in [-0.05, 0) is 27.2 Å². The van der Waals surface area contributed by atoms with Gasteiger partial charge in [-0.15, -0.1) is 0 Å². The van der Waals surface area contributed by atoms with Crippen molar-refractivity contribution in [3.63, 3.8) is 0 Å². The maximum Gasteiger partial charge on any atom is 0.0267 e. The summed E-state index contributed by atoms with van der Waals surface area (Å²) in [4.78, 5) is 2.43. The van der Waals surface area contributed by atoms with E-state index in [2.05, 4.69) is 25.7 Å². The first kappa shape index (κ1) is 11.9. The molecule has 0 amide bonds. The largest absolute Gasteiger partial charge is 0.324 e. The van der Waals surface area contributed by atoms with Crippen LogP contribution >= 0.6 is 0 Å². The molecule has 0 radical (unpaired) electrons. The van der Waals surface area contributed by atoms with Crippen molar-refractivity contribution in [1.82, 2.24) is 4.90 Å². The van der Waals surface area contributed by atoms with E-state index in [4.69, 9.17) is 5.73 Å². The van der Waals surface area contributed by atoms with E-state index in [1.807, 2.05) is 13.8 Å². The van der Waals surface area contributed by atoms with Crippen molar-refractivity contribution in [1.29, 1.82) is 0 Å². The van der Waals surface area contributed by atoms with E-state index in [9.17, 15) is 0 Å². The fourth-order valence-corrected chi connectivity index (χ4v) is 1.46. The first-order valence-corrected chi connectivity index (χ1v) is 5.04. The molecule has 0 spiro atoms. The third kappa shape index (κ3) is 3.55. The van der Waals surface area contributed by atoms with E-state index in [1.165, 1.54) is 6.54 Å². The van der Waals surface area contributed by atoms with Crippen LogP contribution in [-0.2, 0) is 0 Å². The SMILES string of the molecule is CC.CC(C)N1CCC(C)(N)C1. The molecular weight excluding hydrogens is 148 g/mol. The van der Waals surface area contributed by atoms with Crippen molar-refractivity contribution in [2.45, 2.75) is 52.6 Å². The Morgan fingerprint density at radius 2 is 1.83 bits per heavy atom. The molecule has 2 nitrogen and oxygen atoms in total. The lowest BCUT2D eigenvalue weighted by Gasteiger charge is -2.22. The summed E-state index contributed by atoms with van der Waals surface area (Å²) >= 11 is 0. The summed E-state index contributed by atoms with van der Waals surface area (Å²) in [7, 11) is 0. The molecule has 1 heterocycles. The van der Waals surface area contributed by atoms with Crippen molar-refractivity contribution < 1.29 is 0 Å². The van der Waals surface area contributed by atoms with Crippen molar-refractivity contribution in [2.24, 2.45) is 5.73 Å². The minimum absolute atomic E-state index is 0.0737. The smallest absolute Gasteiger partial charge is 0.0267 e. The van der Waals surface area contributed by atoms with Crippen LogP contribution in [0.5, 0.6) is 0 Å². The molecule has 0 aromatic rings. The van der Waals surface area contributed by atoms with Gasteiger partial charge >= 0.3 is 0 Å². The van der Waals surface area contributed by atoms with Crippen molar-refractivity contribution in [3.8, 4) is 0 Å². The Morgan fingerprint density at radius 1 is 1.33 bits per heavy atom. The van der Waals surface area contributed by atoms with Crippen LogP contribution in [0.3, 0.4) is 0 Å². The summed E-state index contributed by atoms with van der Waals surface area (Å²) in [6.45, 7) is 12.8. The number of hydrogen-bond donors (Lipinski definition) is 1. The molecule has 1 unspecified atom stereocenters. The summed E-state index contributed by atoms with van der Waals surface area (Å²) in [6.07, 6.45) is 1.14. The molecule has 0 bridgehead atoms. The first-order valence-electron chi connectivity index (χ1n) is 5.04. The van der Waals surface area contributed by atoms with Crippen LogP contribution in [0.4, 0.5) is 0 Å². The van der Waals surface area contributed by atoms with Crippen molar-refractivity contribution >= 4 is 0 Å². The summed E-state index contributed by atoms with van der Waals surface area (Å²) in [5, 5.41) is 0. The Balaban J connectivity index is 0.000000561. The zero-order chi connectivity index (χ0) is 9.78. The second-order valence-electron chi connectivity index (χ2n) is 3.97. The Labute approximate surface area is 77.1 Å². The molecule has 74 valence electrons. The third-order valence-corrected chi connectivity index (χ3v) is 2.26. The molecular formula is C10H24N2. The summed E-state index contributed by atoms with van der Waals surface area (Å²) < 4.78 is 0. The predicted molar refractivity (Wildman–Crippen MR) is 55.3 cm³/mol. The number of nitrogens with two attached hydrogens (primary N) is 1. The molecule has 1 fully saturated rings. The van der Waals surface area contributed by atoms with Gasteiger partial charge in [-0.3, -0.25) is 4.90 Å². The Kier molecular flexibility index (Phi) is 4.80. The molecule has 2 N–H and O–H groups in total. The fourth-order valence-electron chi connectivity index (χ4n) is 1.46. The summed E-state index contributed by atoms with van der Waals surface area (Å²) in [5.41, 5.74) is 6.04. The van der Waals surface area contributed by atoms with E-state index in [1.54, 1.807) is 0 Å². The first-order chi connectivity index (χ1) is 5.51. The molecule has 0 aromatic heterocycles. The van der Waals surface area contributed by atoms with E-state index in [0.717, 1.165) is 13.0 Å². The number of hydrogen-bond acceptors (Lipinski definition) is 2. The van der Waals surface area contributed by atoms with Crippen molar-refractivity contribution in [2.75, 3.05) is 13.1 Å². The second-order valence-corrected chi connectivity index (χ2v) is 3.97. The fraction of sp³-hybridized carbons (Fsp3) is 1.00. The Bertz CT molecular complexity index is 119. The summed E-state index contributed by atoms with van der Waals surface area (Å²) in [5.74, 6) is 0. The van der Waals surface area contributed by atoms with Gasteiger partial charge in [0.15, 0.2) is 0 Å². The molecule has 1 rings (SSSR count). The van der Waals surface area contributed by atoms with Gasteiger partial charge in [-0.2, -0.15) is 0 Å². The predicted octanol–water partition coefficient (Wildman–Crippen LogP) is 1.84. The molecule has 2 heteroatoms. The zero-order valence-corrected chi connectivity index (χ0v) is 9.22. The van der Waals surface area contributed by atoms with Gasteiger partial charge in [-0.25, -0.2) is 0 Å².